The summed E-state index contributed by atoms with van der Waals surface area (Å²) >= 11 is 0. The second-order valence-corrected chi connectivity index (χ2v) is 5.33. The Morgan fingerprint density at radius 2 is 2.05 bits per heavy atom. The maximum Gasteiger partial charge on any atom is 0.123 e. The summed E-state index contributed by atoms with van der Waals surface area (Å²) in [5.41, 5.74) is 3.92. The van der Waals surface area contributed by atoms with E-state index in [0.717, 1.165) is 24.1 Å². The van der Waals surface area contributed by atoms with Crippen molar-refractivity contribution in [3.05, 3.63) is 70.5 Å². The van der Waals surface area contributed by atoms with E-state index in [2.05, 4.69) is 11.4 Å². The van der Waals surface area contributed by atoms with Gasteiger partial charge in [-0.15, -0.1) is 0 Å². The molecule has 0 bridgehead atoms. The fourth-order valence-corrected chi connectivity index (χ4v) is 2.93. The minimum atomic E-state index is -0.743. The standard InChI is InChI=1S/C17H18FNO/c1-11-6-7-13(18)10-15(11)17(20)16-14-5-3-2-4-12(14)8-9-19-16/h2-7,10,16-17,19-20H,8-9H2,1H3. The molecule has 3 heteroatoms. The number of hydrogen-bond acceptors (Lipinski definition) is 2. The van der Waals surface area contributed by atoms with Crippen LogP contribution in [0.25, 0.3) is 0 Å². The van der Waals surface area contributed by atoms with Gasteiger partial charge in [0.15, 0.2) is 0 Å². The topological polar surface area (TPSA) is 32.3 Å². The van der Waals surface area contributed by atoms with Gasteiger partial charge in [-0.3, -0.25) is 0 Å². The number of benzene rings is 2. The highest BCUT2D eigenvalue weighted by Gasteiger charge is 2.28. The third-order valence-corrected chi connectivity index (χ3v) is 4.02. The van der Waals surface area contributed by atoms with E-state index in [9.17, 15) is 9.50 Å². The molecular formula is C17H18FNO. The molecule has 0 aliphatic carbocycles. The number of fused-ring (bicyclic) bond motifs is 1. The van der Waals surface area contributed by atoms with E-state index in [1.807, 2.05) is 25.1 Å². The Balaban J connectivity index is 1.99. The molecule has 1 heterocycles. The fourth-order valence-electron chi connectivity index (χ4n) is 2.93. The molecule has 3 rings (SSSR count). The van der Waals surface area contributed by atoms with Crippen LogP contribution in [0.3, 0.4) is 0 Å². The highest BCUT2D eigenvalue weighted by molar-refractivity contribution is 5.37. The number of aliphatic hydroxyl groups excluding tert-OH is 1. The number of aryl methyl sites for hydroxylation is 1. The normalized spacial score (nSPS) is 19.4. The lowest BCUT2D eigenvalue weighted by Crippen LogP contribution is -2.34. The lowest BCUT2D eigenvalue weighted by atomic mass is 9.87. The molecule has 0 aromatic heterocycles. The van der Waals surface area contributed by atoms with Gasteiger partial charge in [0.1, 0.15) is 5.82 Å². The van der Waals surface area contributed by atoms with Crippen molar-refractivity contribution < 1.29 is 9.50 Å². The molecule has 0 radical (unpaired) electrons. The average Bonchev–Trinajstić information content (AvgIpc) is 2.48. The van der Waals surface area contributed by atoms with E-state index in [0.29, 0.717) is 5.56 Å². The van der Waals surface area contributed by atoms with E-state index >= 15 is 0 Å². The zero-order valence-corrected chi connectivity index (χ0v) is 11.4. The number of hydrogen-bond donors (Lipinski definition) is 2. The Labute approximate surface area is 118 Å². The molecule has 0 spiro atoms. The van der Waals surface area contributed by atoms with E-state index < -0.39 is 6.10 Å². The van der Waals surface area contributed by atoms with Crippen molar-refractivity contribution in [2.75, 3.05) is 6.54 Å². The maximum absolute atomic E-state index is 13.4. The molecule has 1 aliphatic rings. The van der Waals surface area contributed by atoms with Crippen molar-refractivity contribution in [2.24, 2.45) is 0 Å². The summed E-state index contributed by atoms with van der Waals surface area (Å²) in [5.74, 6) is -0.311. The SMILES string of the molecule is Cc1ccc(F)cc1C(O)C1NCCc2ccccc21. The molecule has 104 valence electrons. The Bertz CT molecular complexity index is 626. The van der Waals surface area contributed by atoms with Gasteiger partial charge >= 0.3 is 0 Å². The molecular weight excluding hydrogens is 253 g/mol. The first-order valence-electron chi connectivity index (χ1n) is 6.92. The van der Waals surface area contributed by atoms with Crippen molar-refractivity contribution in [3.8, 4) is 0 Å². The zero-order valence-electron chi connectivity index (χ0n) is 11.4. The van der Waals surface area contributed by atoms with Crippen LogP contribution in [0.2, 0.25) is 0 Å². The van der Waals surface area contributed by atoms with Crippen LogP contribution in [0.1, 0.15) is 34.4 Å². The summed E-state index contributed by atoms with van der Waals surface area (Å²) in [5, 5.41) is 14.0. The lowest BCUT2D eigenvalue weighted by Gasteiger charge is -2.31. The second kappa shape index (κ2) is 5.35. The highest BCUT2D eigenvalue weighted by atomic mass is 19.1. The van der Waals surface area contributed by atoms with Gasteiger partial charge < -0.3 is 10.4 Å². The van der Waals surface area contributed by atoms with Gasteiger partial charge in [0.25, 0.3) is 0 Å². The smallest absolute Gasteiger partial charge is 0.123 e. The minimum absolute atomic E-state index is 0.180. The summed E-state index contributed by atoms with van der Waals surface area (Å²) < 4.78 is 13.4. The van der Waals surface area contributed by atoms with Gasteiger partial charge in [0.2, 0.25) is 0 Å². The van der Waals surface area contributed by atoms with Crippen LogP contribution in [0, 0.1) is 12.7 Å². The predicted octanol–water partition coefficient (Wildman–Crippen LogP) is 3.05. The Kier molecular flexibility index (Phi) is 3.55. The van der Waals surface area contributed by atoms with Gasteiger partial charge in [-0.2, -0.15) is 0 Å². The number of halogens is 1. The Morgan fingerprint density at radius 3 is 2.90 bits per heavy atom. The van der Waals surface area contributed by atoms with Crippen molar-refractivity contribution in [1.82, 2.24) is 5.32 Å². The first kappa shape index (κ1) is 13.3. The van der Waals surface area contributed by atoms with E-state index in [4.69, 9.17) is 0 Å². The third-order valence-electron chi connectivity index (χ3n) is 4.02. The van der Waals surface area contributed by atoms with Crippen LogP contribution in [0.4, 0.5) is 4.39 Å². The molecule has 2 aromatic carbocycles. The quantitative estimate of drug-likeness (QED) is 0.880. The Morgan fingerprint density at radius 1 is 1.25 bits per heavy atom. The molecule has 0 fully saturated rings. The van der Waals surface area contributed by atoms with E-state index in [1.165, 1.54) is 17.7 Å². The average molecular weight is 271 g/mol. The molecule has 2 atom stereocenters. The lowest BCUT2D eigenvalue weighted by molar-refractivity contribution is 0.124. The summed E-state index contributed by atoms with van der Waals surface area (Å²) in [6.45, 7) is 2.72. The largest absolute Gasteiger partial charge is 0.386 e. The highest BCUT2D eigenvalue weighted by Crippen LogP contribution is 2.34. The van der Waals surface area contributed by atoms with Crippen LogP contribution in [-0.2, 0) is 6.42 Å². The molecule has 0 saturated carbocycles. The van der Waals surface area contributed by atoms with Crippen LogP contribution in [0.15, 0.2) is 42.5 Å². The van der Waals surface area contributed by atoms with Gasteiger partial charge in [0, 0.05) is 0 Å². The number of aliphatic hydroxyl groups is 1. The predicted molar refractivity (Wildman–Crippen MR) is 77.0 cm³/mol. The van der Waals surface area contributed by atoms with Crippen molar-refractivity contribution in [3.63, 3.8) is 0 Å². The summed E-state index contributed by atoms with van der Waals surface area (Å²) in [4.78, 5) is 0. The van der Waals surface area contributed by atoms with Gasteiger partial charge in [-0.25, -0.2) is 4.39 Å². The van der Waals surface area contributed by atoms with Gasteiger partial charge in [-0.1, -0.05) is 30.3 Å². The van der Waals surface area contributed by atoms with Crippen LogP contribution >= 0.6 is 0 Å². The summed E-state index contributed by atoms with van der Waals surface area (Å²) in [6, 6.07) is 12.5. The fraction of sp³-hybridized carbons (Fsp3) is 0.294. The summed E-state index contributed by atoms with van der Waals surface area (Å²) in [6.07, 6.45) is 0.216. The monoisotopic (exact) mass is 271 g/mol. The molecule has 2 N–H and O–H groups in total. The first-order chi connectivity index (χ1) is 9.66. The van der Waals surface area contributed by atoms with Gasteiger partial charge in [-0.05, 0) is 54.3 Å². The zero-order chi connectivity index (χ0) is 14.1. The van der Waals surface area contributed by atoms with Crippen molar-refractivity contribution in [1.29, 1.82) is 0 Å². The second-order valence-electron chi connectivity index (χ2n) is 5.33. The molecule has 0 saturated heterocycles. The molecule has 2 aromatic rings. The molecule has 1 aliphatic heterocycles. The summed E-state index contributed by atoms with van der Waals surface area (Å²) in [7, 11) is 0. The van der Waals surface area contributed by atoms with E-state index in [1.54, 1.807) is 6.07 Å². The van der Waals surface area contributed by atoms with Crippen LogP contribution < -0.4 is 5.32 Å². The molecule has 20 heavy (non-hydrogen) atoms. The van der Waals surface area contributed by atoms with Crippen molar-refractivity contribution in [2.45, 2.75) is 25.5 Å². The van der Waals surface area contributed by atoms with Crippen LogP contribution in [0.5, 0.6) is 0 Å². The number of rotatable bonds is 2. The van der Waals surface area contributed by atoms with Crippen LogP contribution in [-0.4, -0.2) is 11.7 Å². The molecule has 2 unspecified atom stereocenters. The molecule has 0 amide bonds. The third kappa shape index (κ3) is 2.35. The number of nitrogens with one attached hydrogen (secondary N) is 1. The Hall–Kier alpha value is -1.71. The van der Waals surface area contributed by atoms with Crippen molar-refractivity contribution >= 4 is 0 Å². The van der Waals surface area contributed by atoms with E-state index in [-0.39, 0.29) is 11.9 Å². The first-order valence-corrected chi connectivity index (χ1v) is 6.92. The maximum atomic E-state index is 13.4. The molecule has 2 nitrogen and oxygen atoms in total. The minimum Gasteiger partial charge on any atom is -0.386 e. The van der Waals surface area contributed by atoms with Gasteiger partial charge in [0.05, 0.1) is 12.1 Å².